The maximum absolute atomic E-state index is 13.7. The highest BCUT2D eigenvalue weighted by molar-refractivity contribution is 7.13. The van der Waals surface area contributed by atoms with Crippen molar-refractivity contribution >= 4 is 35.0 Å². The number of benzene rings is 1. The monoisotopic (exact) mass is 614 g/mol. The lowest BCUT2D eigenvalue weighted by molar-refractivity contribution is -0.144. The van der Waals surface area contributed by atoms with E-state index >= 15 is 0 Å². The second kappa shape index (κ2) is 16.0. The molecule has 1 aliphatic rings. The summed E-state index contributed by atoms with van der Waals surface area (Å²) in [5, 5.41) is 24.9. The van der Waals surface area contributed by atoms with Gasteiger partial charge in [-0.2, -0.15) is 0 Å². The van der Waals surface area contributed by atoms with E-state index < -0.39 is 29.6 Å². The molecule has 1 unspecified atom stereocenters. The summed E-state index contributed by atoms with van der Waals surface area (Å²) in [6, 6.07) is 6.22. The Kier molecular flexibility index (Phi) is 12.7. The zero-order valence-corrected chi connectivity index (χ0v) is 26.5. The molecule has 0 bridgehead atoms. The lowest BCUT2D eigenvalue weighted by atomic mass is 9.85. The van der Waals surface area contributed by atoms with Crippen molar-refractivity contribution in [2.75, 3.05) is 6.54 Å². The van der Waals surface area contributed by atoms with E-state index in [1.54, 1.807) is 11.3 Å². The maximum atomic E-state index is 13.7. The van der Waals surface area contributed by atoms with Gasteiger partial charge in [0, 0.05) is 32.4 Å². The van der Waals surface area contributed by atoms with E-state index in [4.69, 9.17) is 5.11 Å². The minimum Gasteiger partial charge on any atom is -0.481 e. The third-order valence-electron chi connectivity index (χ3n) is 7.76. The number of hydrogen-bond donors (Lipinski definition) is 4. The number of rotatable bonds is 15. The first kappa shape index (κ1) is 34.2. The molecular weight excluding hydrogens is 568 g/mol. The Morgan fingerprint density at radius 2 is 1.65 bits per heavy atom. The molecule has 0 spiro atoms. The van der Waals surface area contributed by atoms with Gasteiger partial charge in [0.1, 0.15) is 12.1 Å². The van der Waals surface area contributed by atoms with Crippen molar-refractivity contribution in [3.05, 3.63) is 41.0 Å². The highest BCUT2D eigenvalue weighted by atomic mass is 32.1. The summed E-state index contributed by atoms with van der Waals surface area (Å²) in [6.45, 7) is 7.89. The summed E-state index contributed by atoms with van der Waals surface area (Å²) in [5.74, 6) is -1.72. The molecule has 3 atom stereocenters. The van der Waals surface area contributed by atoms with E-state index in [-0.39, 0.29) is 50.1 Å². The van der Waals surface area contributed by atoms with Crippen LogP contribution in [0, 0.1) is 12.3 Å². The van der Waals surface area contributed by atoms with Gasteiger partial charge in [0.05, 0.1) is 22.2 Å². The Balaban J connectivity index is 1.53. The van der Waals surface area contributed by atoms with Crippen molar-refractivity contribution in [1.82, 2.24) is 20.5 Å². The molecule has 0 saturated carbocycles. The van der Waals surface area contributed by atoms with Gasteiger partial charge in [-0.15, -0.1) is 11.3 Å². The topological polar surface area (TPSA) is 149 Å². The molecule has 2 aromatic rings. The van der Waals surface area contributed by atoms with Crippen molar-refractivity contribution < 1.29 is 29.4 Å². The van der Waals surface area contributed by atoms with Crippen LogP contribution in [0.1, 0.15) is 89.8 Å². The van der Waals surface area contributed by atoms with Crippen LogP contribution in [0.4, 0.5) is 0 Å². The summed E-state index contributed by atoms with van der Waals surface area (Å²) in [5.41, 5.74) is 4.16. The molecule has 1 aromatic heterocycles. The number of aliphatic carboxylic acids is 1. The fraction of sp³-hybridized carbons (Fsp3) is 0.594. The molecule has 1 saturated heterocycles. The SMILES string of the molecule is Cc1ncsc1-c1ccc(CNC(=O)[C@@H]2C[C@@H](O)CN2C(=O)C(NC(=O)CCCCCCCCC(=O)O)C(C)(C)C)cc1. The number of carboxylic acid groups (broad SMARTS) is 1. The average Bonchev–Trinajstić information content (AvgIpc) is 3.56. The number of hydrogen-bond acceptors (Lipinski definition) is 7. The Labute approximate surface area is 258 Å². The zero-order valence-electron chi connectivity index (χ0n) is 25.7. The van der Waals surface area contributed by atoms with E-state index in [0.717, 1.165) is 47.4 Å². The number of amides is 3. The number of carboxylic acids is 1. The maximum Gasteiger partial charge on any atom is 0.303 e. The van der Waals surface area contributed by atoms with Crippen LogP contribution < -0.4 is 10.6 Å². The second-order valence-corrected chi connectivity index (χ2v) is 13.3. The van der Waals surface area contributed by atoms with Gasteiger partial charge < -0.3 is 25.7 Å². The van der Waals surface area contributed by atoms with Crippen LogP contribution in [0.5, 0.6) is 0 Å². The van der Waals surface area contributed by atoms with Crippen LogP contribution in [0.25, 0.3) is 10.4 Å². The van der Waals surface area contributed by atoms with Gasteiger partial charge >= 0.3 is 5.97 Å². The van der Waals surface area contributed by atoms with E-state index in [0.29, 0.717) is 12.8 Å². The summed E-state index contributed by atoms with van der Waals surface area (Å²) in [7, 11) is 0. The number of carbonyl (C=O) groups is 4. The van der Waals surface area contributed by atoms with Gasteiger partial charge in [0.2, 0.25) is 17.7 Å². The second-order valence-electron chi connectivity index (χ2n) is 12.5. The number of aromatic nitrogens is 1. The smallest absolute Gasteiger partial charge is 0.303 e. The normalized spacial score (nSPS) is 17.5. The van der Waals surface area contributed by atoms with Crippen LogP contribution in [0.2, 0.25) is 0 Å². The molecule has 1 aromatic carbocycles. The first-order valence-electron chi connectivity index (χ1n) is 15.1. The Bertz CT molecular complexity index is 1240. The molecule has 3 rings (SSSR count). The number of nitrogens with one attached hydrogen (secondary N) is 2. The highest BCUT2D eigenvalue weighted by Gasteiger charge is 2.44. The Morgan fingerprint density at radius 1 is 1.02 bits per heavy atom. The van der Waals surface area contributed by atoms with Crippen LogP contribution in [0.15, 0.2) is 29.8 Å². The van der Waals surface area contributed by atoms with Gasteiger partial charge in [-0.3, -0.25) is 19.2 Å². The van der Waals surface area contributed by atoms with Crippen molar-refractivity contribution in [1.29, 1.82) is 0 Å². The summed E-state index contributed by atoms with van der Waals surface area (Å²) < 4.78 is 0. The van der Waals surface area contributed by atoms with E-state index in [9.17, 15) is 24.3 Å². The summed E-state index contributed by atoms with van der Waals surface area (Å²) in [6.07, 6.45) is 4.67. The van der Waals surface area contributed by atoms with Crippen LogP contribution in [-0.2, 0) is 25.7 Å². The predicted octanol–water partition coefficient (Wildman–Crippen LogP) is 4.43. The molecule has 4 N–H and O–H groups in total. The fourth-order valence-electron chi connectivity index (χ4n) is 5.28. The minimum atomic E-state index is -0.848. The fourth-order valence-corrected chi connectivity index (χ4v) is 6.09. The number of thiazole rings is 1. The predicted molar refractivity (Wildman–Crippen MR) is 166 cm³/mol. The molecule has 0 aliphatic carbocycles. The Hall–Kier alpha value is -3.31. The van der Waals surface area contributed by atoms with Gasteiger partial charge in [0.25, 0.3) is 0 Å². The molecule has 2 heterocycles. The molecule has 11 heteroatoms. The van der Waals surface area contributed by atoms with Crippen LogP contribution in [-0.4, -0.2) is 68.5 Å². The number of unbranched alkanes of at least 4 members (excludes halogenated alkanes) is 5. The number of likely N-dealkylation sites (tertiary alicyclic amines) is 1. The number of aliphatic hydroxyl groups excluding tert-OH is 1. The van der Waals surface area contributed by atoms with Crippen LogP contribution in [0.3, 0.4) is 0 Å². The molecule has 43 heavy (non-hydrogen) atoms. The lowest BCUT2D eigenvalue weighted by Gasteiger charge is -2.35. The quantitative estimate of drug-likeness (QED) is 0.217. The van der Waals surface area contributed by atoms with Crippen molar-refractivity contribution in [2.24, 2.45) is 5.41 Å². The summed E-state index contributed by atoms with van der Waals surface area (Å²) >= 11 is 1.58. The first-order valence-corrected chi connectivity index (χ1v) is 16.0. The zero-order chi connectivity index (χ0) is 31.6. The minimum absolute atomic E-state index is 0.0319. The molecule has 1 aliphatic heterocycles. The molecule has 0 radical (unpaired) electrons. The van der Waals surface area contributed by atoms with Gasteiger partial charge in [-0.05, 0) is 36.3 Å². The van der Waals surface area contributed by atoms with Crippen molar-refractivity contribution in [3.63, 3.8) is 0 Å². The molecular formula is C32H46N4O6S. The average molecular weight is 615 g/mol. The molecule has 1 fully saturated rings. The standard InChI is InChI=1S/C32H46N4O6S/c1-21-28(43-20-34-21)23-15-13-22(14-16-23)18-33-30(41)25-17-24(37)19-36(25)31(42)29(32(2,3)4)35-26(38)11-9-7-5-6-8-10-12-27(39)40/h13-16,20,24-25,29,37H,5-12,17-19H2,1-4H3,(H,33,41)(H,35,38)(H,39,40)/t24-,25+,29?/m1/s1. The lowest BCUT2D eigenvalue weighted by Crippen LogP contribution is -2.57. The number of β-amino-alcohol motifs (C(OH)–C–C–N with tert-alkyl or cyclic N) is 1. The Morgan fingerprint density at radius 3 is 2.23 bits per heavy atom. The number of nitrogens with zero attached hydrogens (tertiary/aromatic N) is 2. The highest BCUT2D eigenvalue weighted by Crippen LogP contribution is 2.28. The molecule has 236 valence electrons. The van der Waals surface area contributed by atoms with E-state index in [1.807, 2.05) is 57.5 Å². The number of aliphatic hydroxyl groups is 1. The van der Waals surface area contributed by atoms with Gasteiger partial charge in [-0.1, -0.05) is 70.7 Å². The van der Waals surface area contributed by atoms with Gasteiger partial charge in [0.15, 0.2) is 0 Å². The van der Waals surface area contributed by atoms with Crippen molar-refractivity contribution in [2.45, 2.75) is 110 Å². The molecule has 10 nitrogen and oxygen atoms in total. The number of carbonyl (C=O) groups excluding carboxylic acids is 3. The van der Waals surface area contributed by atoms with E-state index in [2.05, 4.69) is 15.6 Å². The number of aryl methyl sites for hydroxylation is 1. The van der Waals surface area contributed by atoms with Crippen molar-refractivity contribution in [3.8, 4) is 10.4 Å². The van der Waals surface area contributed by atoms with E-state index in [1.165, 1.54) is 4.90 Å². The summed E-state index contributed by atoms with van der Waals surface area (Å²) in [4.78, 5) is 57.2. The van der Waals surface area contributed by atoms with Crippen LogP contribution >= 0.6 is 11.3 Å². The first-order chi connectivity index (χ1) is 20.4. The largest absolute Gasteiger partial charge is 0.481 e. The van der Waals surface area contributed by atoms with Gasteiger partial charge in [-0.25, -0.2) is 4.98 Å². The molecule has 3 amide bonds. The third kappa shape index (κ3) is 10.4. The third-order valence-corrected chi connectivity index (χ3v) is 8.73.